The molecule has 0 unspecified atom stereocenters. The molecule has 7 heteroatoms. The average molecular weight is 494 g/mol. The summed E-state index contributed by atoms with van der Waals surface area (Å²) in [5.74, 6) is 1.44. The van der Waals surface area contributed by atoms with Crippen LogP contribution in [-0.4, -0.2) is 20.8 Å². The Kier molecular flexibility index (Phi) is 5.12. The van der Waals surface area contributed by atoms with Crippen molar-refractivity contribution >= 4 is 10.9 Å². The van der Waals surface area contributed by atoms with Crippen molar-refractivity contribution in [3.63, 3.8) is 0 Å². The van der Waals surface area contributed by atoms with E-state index < -0.39 is 6.10 Å². The molecule has 0 fully saturated rings. The van der Waals surface area contributed by atoms with Crippen LogP contribution in [0.1, 0.15) is 28.5 Å². The summed E-state index contributed by atoms with van der Waals surface area (Å²) in [5, 5.41) is 0.486. The largest absolute Gasteiger partial charge is 0.497 e. The van der Waals surface area contributed by atoms with Crippen molar-refractivity contribution in [2.45, 2.75) is 20.0 Å². The Morgan fingerprint density at radius 1 is 0.838 bits per heavy atom. The topological polar surface area (TPSA) is 67.4 Å². The molecule has 5 aromatic rings. The van der Waals surface area contributed by atoms with Crippen LogP contribution in [0.3, 0.4) is 0 Å². The van der Waals surface area contributed by atoms with Crippen molar-refractivity contribution in [3.05, 3.63) is 110 Å². The van der Waals surface area contributed by atoms with Crippen LogP contribution in [0.15, 0.2) is 76.3 Å². The van der Waals surface area contributed by atoms with Gasteiger partial charge in [-0.2, -0.15) is 0 Å². The van der Waals surface area contributed by atoms with Crippen LogP contribution in [0.4, 0.5) is 0 Å². The Morgan fingerprint density at radius 3 is 2.19 bits per heavy atom. The van der Waals surface area contributed by atoms with E-state index in [4.69, 9.17) is 9.47 Å². The van der Waals surface area contributed by atoms with Crippen LogP contribution >= 0.6 is 0 Å². The van der Waals surface area contributed by atoms with Gasteiger partial charge in [0.2, 0.25) is 0 Å². The van der Waals surface area contributed by atoms with Crippen molar-refractivity contribution in [2.24, 2.45) is 14.1 Å². The van der Waals surface area contributed by atoms with Crippen LogP contribution in [0.2, 0.25) is 0 Å². The van der Waals surface area contributed by atoms with Gasteiger partial charge in [0.25, 0.3) is 5.56 Å². The quantitative estimate of drug-likeness (QED) is 0.362. The fourth-order valence-corrected chi connectivity index (χ4v) is 5.26. The maximum Gasteiger partial charge on any atom is 0.331 e. The highest BCUT2D eigenvalue weighted by atomic mass is 16.5. The molecule has 1 aliphatic rings. The van der Waals surface area contributed by atoms with Crippen molar-refractivity contribution < 1.29 is 9.47 Å². The number of hydrogen-bond acceptors (Lipinski definition) is 4. The summed E-state index contributed by atoms with van der Waals surface area (Å²) in [6, 6.07) is 21.8. The molecule has 186 valence electrons. The van der Waals surface area contributed by atoms with E-state index >= 15 is 0 Å². The molecule has 2 aromatic heterocycles. The number of methoxy groups -OCH3 is 1. The number of fused-ring (bicyclic) bond motifs is 5. The summed E-state index contributed by atoms with van der Waals surface area (Å²) in [5.41, 5.74) is 6.12. The van der Waals surface area contributed by atoms with Gasteiger partial charge in [-0.15, -0.1) is 0 Å². The summed E-state index contributed by atoms with van der Waals surface area (Å²) < 4.78 is 16.8. The highest BCUT2D eigenvalue weighted by molar-refractivity contribution is 5.98. The van der Waals surface area contributed by atoms with Crippen LogP contribution in [0.5, 0.6) is 11.5 Å². The van der Waals surface area contributed by atoms with Crippen molar-refractivity contribution in [1.82, 2.24) is 13.7 Å². The molecule has 0 N–H and O–H groups in total. The molecule has 3 aromatic carbocycles. The van der Waals surface area contributed by atoms with E-state index in [1.807, 2.05) is 74.5 Å². The van der Waals surface area contributed by atoms with Crippen LogP contribution < -0.4 is 20.7 Å². The molecule has 1 atom stereocenters. The van der Waals surface area contributed by atoms with Gasteiger partial charge in [-0.1, -0.05) is 48.0 Å². The van der Waals surface area contributed by atoms with Gasteiger partial charge in [0.15, 0.2) is 6.10 Å². The van der Waals surface area contributed by atoms with E-state index in [1.165, 1.54) is 11.6 Å². The lowest BCUT2D eigenvalue weighted by Gasteiger charge is -2.30. The SMILES string of the molecule is COc1ccc([C@H]2Oc3ccc(C)cc3-n3c(-c4ccc(C)cc4)c4c(=O)n(C)c(=O)n(C)c4c32)cc1. The molecule has 0 radical (unpaired) electrons. The highest BCUT2D eigenvalue weighted by Gasteiger charge is 2.36. The van der Waals surface area contributed by atoms with Gasteiger partial charge >= 0.3 is 5.69 Å². The maximum absolute atomic E-state index is 13.8. The predicted octanol–water partition coefficient (Wildman–Crippen LogP) is 4.80. The first-order chi connectivity index (χ1) is 17.8. The smallest absolute Gasteiger partial charge is 0.331 e. The molecule has 0 bridgehead atoms. The molecule has 6 rings (SSSR count). The van der Waals surface area contributed by atoms with Crippen LogP contribution in [0, 0.1) is 13.8 Å². The Morgan fingerprint density at radius 2 is 1.51 bits per heavy atom. The lowest BCUT2D eigenvalue weighted by Crippen LogP contribution is -2.37. The standard InChI is InChI=1S/C30H27N3O4/c1-17-6-9-19(10-7-17)25-24-26(31(3)30(35)32(4)29(24)34)27-28(20-11-13-21(36-5)14-12-20)37-23-15-8-18(2)16-22(23)33(25)27/h6-16,28H,1-5H3/t28-/m1/s1. The molecule has 0 aliphatic carbocycles. The minimum atomic E-state index is -0.555. The number of ether oxygens (including phenoxy) is 2. The van der Waals surface area contributed by atoms with Crippen molar-refractivity contribution in [3.8, 4) is 28.4 Å². The zero-order chi connectivity index (χ0) is 26.0. The zero-order valence-electron chi connectivity index (χ0n) is 21.4. The third-order valence-corrected chi connectivity index (χ3v) is 7.20. The summed E-state index contributed by atoms with van der Waals surface area (Å²) in [4.78, 5) is 26.9. The van der Waals surface area contributed by atoms with Crippen molar-refractivity contribution in [2.75, 3.05) is 7.11 Å². The van der Waals surface area contributed by atoms with Gasteiger partial charge in [-0.05, 0) is 54.8 Å². The fraction of sp³-hybridized carbons (Fsp3) is 0.200. The van der Waals surface area contributed by atoms with E-state index in [2.05, 4.69) is 10.6 Å². The van der Waals surface area contributed by atoms with E-state index in [-0.39, 0.29) is 11.2 Å². The highest BCUT2D eigenvalue weighted by Crippen LogP contribution is 2.47. The fourth-order valence-electron chi connectivity index (χ4n) is 5.26. The number of rotatable bonds is 3. The van der Waals surface area contributed by atoms with E-state index in [1.54, 1.807) is 18.7 Å². The van der Waals surface area contributed by atoms with E-state index in [0.29, 0.717) is 16.7 Å². The maximum atomic E-state index is 13.8. The Bertz CT molecular complexity index is 1810. The molecular weight excluding hydrogens is 466 g/mol. The minimum Gasteiger partial charge on any atom is -0.497 e. The third-order valence-electron chi connectivity index (χ3n) is 7.20. The van der Waals surface area contributed by atoms with Gasteiger partial charge in [0.05, 0.1) is 35.1 Å². The molecule has 0 spiro atoms. The van der Waals surface area contributed by atoms with Gasteiger partial charge < -0.3 is 14.0 Å². The van der Waals surface area contributed by atoms with Crippen LogP contribution in [0.25, 0.3) is 27.8 Å². The monoisotopic (exact) mass is 493 g/mol. The minimum absolute atomic E-state index is 0.335. The first-order valence-corrected chi connectivity index (χ1v) is 12.1. The second kappa shape index (κ2) is 8.27. The Balaban J connectivity index is 1.83. The van der Waals surface area contributed by atoms with Crippen molar-refractivity contribution in [1.29, 1.82) is 0 Å². The van der Waals surface area contributed by atoms with Gasteiger partial charge in [-0.25, -0.2) is 4.79 Å². The molecule has 3 heterocycles. The number of aromatic nitrogens is 3. The average Bonchev–Trinajstić information content (AvgIpc) is 3.27. The molecule has 37 heavy (non-hydrogen) atoms. The Hall–Kier alpha value is -4.52. The Labute approximate surface area is 213 Å². The summed E-state index contributed by atoms with van der Waals surface area (Å²) in [7, 11) is 4.86. The second-order valence-corrected chi connectivity index (χ2v) is 9.61. The number of aryl methyl sites for hydroxylation is 3. The lowest BCUT2D eigenvalue weighted by molar-refractivity contribution is 0.229. The summed E-state index contributed by atoms with van der Waals surface area (Å²) >= 11 is 0. The zero-order valence-corrected chi connectivity index (χ0v) is 21.4. The van der Waals surface area contributed by atoms with Gasteiger partial charge in [-0.3, -0.25) is 13.9 Å². The van der Waals surface area contributed by atoms with Gasteiger partial charge in [0.1, 0.15) is 11.5 Å². The van der Waals surface area contributed by atoms with E-state index in [0.717, 1.165) is 45.1 Å². The normalized spacial score (nSPS) is 14.2. The molecule has 1 aliphatic heterocycles. The molecule has 0 saturated heterocycles. The molecule has 0 amide bonds. The molecular formula is C30H27N3O4. The summed E-state index contributed by atoms with van der Waals surface area (Å²) in [6.07, 6.45) is -0.555. The first kappa shape index (κ1) is 22.9. The third kappa shape index (κ3) is 3.34. The first-order valence-electron chi connectivity index (χ1n) is 12.1. The summed E-state index contributed by atoms with van der Waals surface area (Å²) in [6.45, 7) is 4.06. The van der Waals surface area contributed by atoms with Crippen LogP contribution in [-0.2, 0) is 14.1 Å². The second-order valence-electron chi connectivity index (χ2n) is 9.61. The number of hydrogen-bond donors (Lipinski definition) is 0. The van der Waals surface area contributed by atoms with Gasteiger partial charge in [0, 0.05) is 14.1 Å². The molecule has 7 nitrogen and oxygen atoms in total. The number of nitrogens with zero attached hydrogens (tertiary/aromatic N) is 3. The number of benzene rings is 3. The lowest BCUT2D eigenvalue weighted by atomic mass is 10.0. The molecule has 0 saturated carbocycles. The van der Waals surface area contributed by atoms with E-state index in [9.17, 15) is 9.59 Å². The predicted molar refractivity (Wildman–Crippen MR) is 144 cm³/mol.